The SMILES string of the molecule is COc1ccc2c(c1)C(CC(=O)c1ccc(F)cc1)=NC(C)(C)C2. The smallest absolute Gasteiger partial charge is 0.168 e. The van der Waals surface area contributed by atoms with E-state index >= 15 is 0 Å². The Labute approximate surface area is 141 Å². The number of methoxy groups -OCH3 is 1. The molecule has 24 heavy (non-hydrogen) atoms. The molecule has 0 bridgehead atoms. The lowest BCUT2D eigenvalue weighted by atomic mass is 9.85. The van der Waals surface area contributed by atoms with Crippen LogP contribution in [0.5, 0.6) is 5.75 Å². The quantitative estimate of drug-likeness (QED) is 0.789. The number of ketones is 1. The molecule has 2 aromatic rings. The van der Waals surface area contributed by atoms with Gasteiger partial charge in [0.1, 0.15) is 11.6 Å². The Balaban J connectivity index is 1.95. The third-order valence-corrected chi connectivity index (χ3v) is 4.18. The van der Waals surface area contributed by atoms with Gasteiger partial charge in [-0.2, -0.15) is 0 Å². The van der Waals surface area contributed by atoms with Gasteiger partial charge in [-0.05, 0) is 62.2 Å². The number of fused-ring (bicyclic) bond motifs is 1. The summed E-state index contributed by atoms with van der Waals surface area (Å²) in [5.74, 6) is 0.327. The molecule has 0 atom stereocenters. The van der Waals surface area contributed by atoms with E-state index in [2.05, 4.69) is 13.8 Å². The molecule has 0 spiro atoms. The molecule has 0 amide bonds. The zero-order valence-corrected chi connectivity index (χ0v) is 14.1. The summed E-state index contributed by atoms with van der Waals surface area (Å²) in [5, 5.41) is 0. The predicted molar refractivity (Wildman–Crippen MR) is 92.7 cm³/mol. The molecule has 0 saturated carbocycles. The summed E-state index contributed by atoms with van der Waals surface area (Å²) >= 11 is 0. The highest BCUT2D eigenvalue weighted by Gasteiger charge is 2.28. The number of hydrogen-bond donors (Lipinski definition) is 0. The summed E-state index contributed by atoms with van der Waals surface area (Å²) in [6.07, 6.45) is 1.01. The molecule has 0 N–H and O–H groups in total. The maximum Gasteiger partial charge on any atom is 0.168 e. The van der Waals surface area contributed by atoms with Crippen LogP contribution in [0.4, 0.5) is 4.39 Å². The van der Waals surface area contributed by atoms with Gasteiger partial charge in [0.25, 0.3) is 0 Å². The van der Waals surface area contributed by atoms with Gasteiger partial charge in [-0.1, -0.05) is 6.07 Å². The van der Waals surface area contributed by atoms with Crippen molar-refractivity contribution in [3.05, 3.63) is 65.0 Å². The zero-order chi connectivity index (χ0) is 17.3. The van der Waals surface area contributed by atoms with Gasteiger partial charge < -0.3 is 4.74 Å². The standard InChI is InChI=1S/C20H20FNO2/c1-20(2)12-14-6-9-16(24-3)10-17(14)18(22-20)11-19(23)13-4-7-15(21)8-5-13/h4-10H,11-12H2,1-3H3. The Morgan fingerprint density at radius 1 is 1.21 bits per heavy atom. The summed E-state index contributed by atoms with van der Waals surface area (Å²) in [5.41, 5.74) is 3.13. The fourth-order valence-corrected chi connectivity index (χ4v) is 3.06. The fourth-order valence-electron chi connectivity index (χ4n) is 3.06. The first-order chi connectivity index (χ1) is 11.4. The molecular formula is C20H20FNO2. The Bertz CT molecular complexity index is 807. The van der Waals surface area contributed by atoms with Crippen molar-refractivity contribution in [1.82, 2.24) is 0 Å². The first kappa shape index (κ1) is 16.4. The van der Waals surface area contributed by atoms with E-state index in [4.69, 9.17) is 9.73 Å². The molecule has 0 fully saturated rings. The van der Waals surface area contributed by atoms with Crippen molar-refractivity contribution in [3.8, 4) is 5.75 Å². The van der Waals surface area contributed by atoms with Gasteiger partial charge in [-0.25, -0.2) is 4.39 Å². The van der Waals surface area contributed by atoms with Gasteiger partial charge in [0.2, 0.25) is 0 Å². The van der Waals surface area contributed by atoms with Crippen molar-refractivity contribution < 1.29 is 13.9 Å². The third-order valence-electron chi connectivity index (χ3n) is 4.18. The molecular weight excluding hydrogens is 305 g/mol. The molecule has 0 unspecified atom stereocenters. The van der Waals surface area contributed by atoms with E-state index in [1.165, 1.54) is 24.3 Å². The molecule has 124 valence electrons. The van der Waals surface area contributed by atoms with E-state index in [1.54, 1.807) is 7.11 Å². The number of ether oxygens (including phenoxy) is 1. The van der Waals surface area contributed by atoms with Crippen LogP contribution in [0, 0.1) is 5.82 Å². The van der Waals surface area contributed by atoms with Crippen LogP contribution in [0.15, 0.2) is 47.5 Å². The van der Waals surface area contributed by atoms with Gasteiger partial charge in [0.05, 0.1) is 24.8 Å². The molecule has 1 heterocycles. The van der Waals surface area contributed by atoms with Crippen molar-refractivity contribution >= 4 is 11.5 Å². The lowest BCUT2D eigenvalue weighted by Gasteiger charge is -2.29. The molecule has 1 aliphatic heterocycles. The second-order valence-electron chi connectivity index (χ2n) is 6.68. The molecule has 0 saturated heterocycles. The van der Waals surface area contributed by atoms with Crippen LogP contribution in [-0.4, -0.2) is 24.1 Å². The van der Waals surface area contributed by atoms with Crippen molar-refractivity contribution in [1.29, 1.82) is 0 Å². The van der Waals surface area contributed by atoms with Gasteiger partial charge in [0.15, 0.2) is 5.78 Å². The minimum Gasteiger partial charge on any atom is -0.497 e. The number of carbonyl (C=O) groups excluding carboxylic acids is 1. The van der Waals surface area contributed by atoms with E-state index in [-0.39, 0.29) is 23.6 Å². The minimum atomic E-state index is -0.349. The topological polar surface area (TPSA) is 38.7 Å². The zero-order valence-electron chi connectivity index (χ0n) is 14.1. The van der Waals surface area contributed by atoms with E-state index in [9.17, 15) is 9.18 Å². The first-order valence-corrected chi connectivity index (χ1v) is 7.93. The van der Waals surface area contributed by atoms with Crippen LogP contribution in [-0.2, 0) is 6.42 Å². The van der Waals surface area contributed by atoms with E-state index < -0.39 is 0 Å². The predicted octanol–water partition coefficient (Wildman–Crippen LogP) is 4.23. The van der Waals surface area contributed by atoms with Crippen molar-refractivity contribution in [3.63, 3.8) is 0 Å². The molecule has 0 aliphatic carbocycles. The largest absolute Gasteiger partial charge is 0.497 e. The maximum absolute atomic E-state index is 13.0. The first-order valence-electron chi connectivity index (χ1n) is 7.93. The number of rotatable bonds is 4. The number of Topliss-reactive ketones (excluding diaryl/α,β-unsaturated/α-hetero) is 1. The summed E-state index contributed by atoms with van der Waals surface area (Å²) < 4.78 is 18.3. The number of aliphatic imine (C=N–C) groups is 1. The number of halogens is 1. The molecule has 3 nitrogen and oxygen atoms in total. The number of carbonyl (C=O) groups is 1. The Hall–Kier alpha value is -2.49. The van der Waals surface area contributed by atoms with Crippen LogP contribution < -0.4 is 4.74 Å². The Kier molecular flexibility index (Phi) is 4.22. The second-order valence-corrected chi connectivity index (χ2v) is 6.68. The van der Waals surface area contributed by atoms with Crippen LogP contribution in [0.25, 0.3) is 0 Å². The van der Waals surface area contributed by atoms with Crippen LogP contribution >= 0.6 is 0 Å². The Morgan fingerprint density at radius 2 is 1.92 bits per heavy atom. The van der Waals surface area contributed by atoms with Crippen LogP contribution in [0.2, 0.25) is 0 Å². The molecule has 2 aromatic carbocycles. The Morgan fingerprint density at radius 3 is 2.58 bits per heavy atom. The highest BCUT2D eigenvalue weighted by molar-refractivity contribution is 6.16. The fraction of sp³-hybridized carbons (Fsp3) is 0.300. The minimum absolute atomic E-state index is 0.0692. The maximum atomic E-state index is 13.0. The highest BCUT2D eigenvalue weighted by Crippen LogP contribution is 2.30. The van der Waals surface area contributed by atoms with Crippen molar-refractivity contribution in [2.24, 2.45) is 4.99 Å². The monoisotopic (exact) mass is 325 g/mol. The number of benzene rings is 2. The summed E-state index contributed by atoms with van der Waals surface area (Å²) in [6.45, 7) is 4.12. The van der Waals surface area contributed by atoms with E-state index in [0.29, 0.717) is 5.56 Å². The normalized spacial score (nSPS) is 15.4. The molecule has 0 aromatic heterocycles. The lowest BCUT2D eigenvalue weighted by Crippen LogP contribution is -2.30. The van der Waals surface area contributed by atoms with Gasteiger partial charge in [-0.15, -0.1) is 0 Å². The third kappa shape index (κ3) is 3.37. The average molecular weight is 325 g/mol. The summed E-state index contributed by atoms with van der Waals surface area (Å²) in [4.78, 5) is 17.3. The van der Waals surface area contributed by atoms with E-state index in [1.807, 2.05) is 18.2 Å². The van der Waals surface area contributed by atoms with Gasteiger partial charge in [-0.3, -0.25) is 9.79 Å². The molecule has 4 heteroatoms. The summed E-state index contributed by atoms with van der Waals surface area (Å²) in [7, 11) is 1.62. The summed E-state index contributed by atoms with van der Waals surface area (Å²) in [6, 6.07) is 11.5. The molecule has 0 radical (unpaired) electrons. The van der Waals surface area contributed by atoms with Crippen LogP contribution in [0.1, 0.15) is 41.8 Å². The average Bonchev–Trinajstić information content (AvgIpc) is 2.54. The van der Waals surface area contributed by atoms with Crippen molar-refractivity contribution in [2.75, 3.05) is 7.11 Å². The highest BCUT2D eigenvalue weighted by atomic mass is 19.1. The van der Waals surface area contributed by atoms with Gasteiger partial charge in [0, 0.05) is 11.1 Å². The molecule has 1 aliphatic rings. The second kappa shape index (κ2) is 6.19. The lowest BCUT2D eigenvalue weighted by molar-refractivity contribution is 0.100. The number of nitrogens with zero attached hydrogens (tertiary/aromatic N) is 1. The van der Waals surface area contributed by atoms with E-state index in [0.717, 1.165) is 29.0 Å². The van der Waals surface area contributed by atoms with Gasteiger partial charge >= 0.3 is 0 Å². The number of hydrogen-bond acceptors (Lipinski definition) is 3. The van der Waals surface area contributed by atoms with Crippen LogP contribution in [0.3, 0.4) is 0 Å². The van der Waals surface area contributed by atoms with Crippen molar-refractivity contribution in [2.45, 2.75) is 32.2 Å². The molecule has 3 rings (SSSR count).